The van der Waals surface area contributed by atoms with E-state index in [9.17, 15) is 4.79 Å². The van der Waals surface area contributed by atoms with Crippen molar-refractivity contribution in [1.82, 2.24) is 0 Å². The highest BCUT2D eigenvalue weighted by Crippen LogP contribution is 2.11. The average molecular weight is 387 g/mol. The Bertz CT molecular complexity index is 500. The quantitative estimate of drug-likeness (QED) is 0.203. The van der Waals surface area contributed by atoms with Gasteiger partial charge in [-0.15, -0.1) is 0 Å². The molecule has 0 aliphatic rings. The summed E-state index contributed by atoms with van der Waals surface area (Å²) in [7, 11) is 0. The summed E-state index contributed by atoms with van der Waals surface area (Å²) in [5.41, 5.74) is 6.97. The van der Waals surface area contributed by atoms with Gasteiger partial charge in [0, 0.05) is 0 Å². The van der Waals surface area contributed by atoms with E-state index in [0.29, 0.717) is 5.70 Å². The molecule has 0 aromatic heterocycles. The van der Waals surface area contributed by atoms with E-state index in [1.54, 1.807) is 6.92 Å². The largest absolute Gasteiger partial charge is 0.456 e. The topological polar surface area (TPSA) is 77.0 Å². The van der Waals surface area contributed by atoms with E-state index in [4.69, 9.17) is 10.5 Å². The molecule has 0 amide bonds. The molecule has 20 heavy (non-hydrogen) atoms. The molecule has 1 aromatic carbocycles. The smallest absolute Gasteiger partial charge is 0.356 e. The zero-order chi connectivity index (χ0) is 15.0. The number of halogens is 1. The van der Waals surface area contributed by atoms with Gasteiger partial charge in [0.1, 0.15) is 16.4 Å². The summed E-state index contributed by atoms with van der Waals surface area (Å²) in [6.07, 6.45) is 0.871. The molecule has 1 aromatic rings. The van der Waals surface area contributed by atoms with Gasteiger partial charge in [0.25, 0.3) is 0 Å². The predicted molar refractivity (Wildman–Crippen MR) is 86.1 cm³/mol. The lowest BCUT2D eigenvalue weighted by atomic mass is 10.2. The van der Waals surface area contributed by atoms with Crippen molar-refractivity contribution in [2.45, 2.75) is 30.9 Å². The van der Waals surface area contributed by atoms with Crippen LogP contribution in [0.2, 0.25) is 0 Å². The summed E-state index contributed by atoms with van der Waals surface area (Å²) in [6.45, 7) is 3.84. The third-order valence-electron chi connectivity index (χ3n) is 2.49. The maximum atomic E-state index is 11.8. The van der Waals surface area contributed by atoms with E-state index < -0.39 is 5.97 Å². The van der Waals surface area contributed by atoms with Gasteiger partial charge in [0.05, 0.1) is 5.70 Å². The number of rotatable bonds is 6. The number of nitrogens with two attached hydrogens (primary N) is 1. The van der Waals surface area contributed by atoms with Gasteiger partial charge in [-0.25, -0.2) is 4.79 Å². The molecule has 2 N–H and O–H groups in total. The van der Waals surface area contributed by atoms with E-state index >= 15 is 0 Å². The zero-order valence-electron chi connectivity index (χ0n) is 11.5. The van der Waals surface area contributed by atoms with Crippen molar-refractivity contribution >= 4 is 28.6 Å². The molecule has 0 fully saturated rings. The van der Waals surface area contributed by atoms with Gasteiger partial charge in [-0.1, -0.05) is 59.8 Å². The molecule has 5 nitrogen and oxygen atoms in total. The van der Waals surface area contributed by atoms with Crippen LogP contribution in [0.3, 0.4) is 0 Å². The average Bonchev–Trinajstić information content (AvgIpc) is 2.49. The first-order valence-electron chi connectivity index (χ1n) is 6.27. The Balaban J connectivity index is 2.59. The van der Waals surface area contributed by atoms with Gasteiger partial charge in [-0.05, 0) is 18.9 Å². The molecular weight excluding hydrogens is 369 g/mol. The fraction of sp³-hybridized carbons (Fsp3) is 0.357. The van der Waals surface area contributed by atoms with E-state index in [1.807, 2.05) is 37.3 Å². The van der Waals surface area contributed by atoms with Crippen molar-refractivity contribution in [3.8, 4) is 0 Å². The fourth-order valence-corrected chi connectivity index (χ4v) is 1.36. The Labute approximate surface area is 132 Å². The van der Waals surface area contributed by atoms with Crippen LogP contribution in [-0.2, 0) is 16.1 Å². The van der Waals surface area contributed by atoms with Crippen LogP contribution in [0.15, 0.2) is 52.0 Å². The number of hydrogen-bond acceptors (Lipinski definition) is 5. The lowest BCUT2D eigenvalue weighted by Gasteiger charge is -2.06. The molecule has 0 saturated heterocycles. The predicted octanol–water partition coefficient (Wildman–Crippen LogP) is 3.54. The van der Waals surface area contributed by atoms with Gasteiger partial charge in [0.2, 0.25) is 0 Å². The molecule has 1 atom stereocenters. The standard InChI is InChI=1S/C14H18IN3O2/c1-3-12(15)18-17-10(2)13(16)14(19)20-9-11-7-5-4-6-8-11/h4-8,12H,3,9,16H2,1-2H3/b13-10-,18-17-. The highest BCUT2D eigenvalue weighted by Gasteiger charge is 2.11. The van der Waals surface area contributed by atoms with Crippen LogP contribution in [0.5, 0.6) is 0 Å². The Morgan fingerprint density at radius 2 is 2.05 bits per heavy atom. The van der Waals surface area contributed by atoms with Crippen molar-refractivity contribution in [3.63, 3.8) is 0 Å². The van der Waals surface area contributed by atoms with Crippen LogP contribution in [0.25, 0.3) is 0 Å². The van der Waals surface area contributed by atoms with E-state index in [0.717, 1.165) is 12.0 Å². The van der Waals surface area contributed by atoms with Crippen LogP contribution in [0.1, 0.15) is 25.8 Å². The van der Waals surface area contributed by atoms with Gasteiger partial charge >= 0.3 is 5.97 Å². The Morgan fingerprint density at radius 3 is 2.65 bits per heavy atom. The zero-order valence-corrected chi connectivity index (χ0v) is 13.7. The third kappa shape index (κ3) is 5.68. The second-order valence-corrected chi connectivity index (χ2v) is 5.56. The van der Waals surface area contributed by atoms with Crippen LogP contribution < -0.4 is 5.73 Å². The third-order valence-corrected chi connectivity index (χ3v) is 3.62. The van der Waals surface area contributed by atoms with Crippen LogP contribution in [-0.4, -0.2) is 10.0 Å². The highest BCUT2D eigenvalue weighted by atomic mass is 127. The lowest BCUT2D eigenvalue weighted by Crippen LogP contribution is -2.16. The summed E-state index contributed by atoms with van der Waals surface area (Å²) in [5.74, 6) is -0.577. The number of alkyl halides is 1. The maximum Gasteiger partial charge on any atom is 0.356 e. The van der Waals surface area contributed by atoms with Gasteiger partial charge in [0.15, 0.2) is 0 Å². The molecule has 108 valence electrons. The number of nitrogens with zero attached hydrogens (tertiary/aromatic N) is 2. The van der Waals surface area contributed by atoms with Crippen molar-refractivity contribution in [3.05, 3.63) is 47.3 Å². The number of carbonyl (C=O) groups excluding carboxylic acids is 1. The Kier molecular flexibility index (Phi) is 7.21. The summed E-state index contributed by atoms with van der Waals surface area (Å²) in [6, 6.07) is 9.42. The Hall–Kier alpha value is -1.44. The van der Waals surface area contributed by atoms with Crippen LogP contribution in [0.4, 0.5) is 0 Å². The molecule has 0 radical (unpaired) electrons. The van der Waals surface area contributed by atoms with Crippen molar-refractivity contribution in [2.75, 3.05) is 0 Å². The molecule has 0 bridgehead atoms. The fourth-order valence-electron chi connectivity index (χ4n) is 1.23. The monoisotopic (exact) mass is 387 g/mol. The number of allylic oxidation sites excluding steroid dienone is 1. The number of hydrogen-bond donors (Lipinski definition) is 1. The molecule has 0 heterocycles. The van der Waals surface area contributed by atoms with Crippen LogP contribution in [0, 0.1) is 0 Å². The summed E-state index contributed by atoms with van der Waals surface area (Å²) < 4.78 is 5.20. The second-order valence-electron chi connectivity index (χ2n) is 4.12. The highest BCUT2D eigenvalue weighted by molar-refractivity contribution is 14.1. The number of esters is 1. The van der Waals surface area contributed by atoms with Gasteiger partial charge in [-0.2, -0.15) is 10.2 Å². The van der Waals surface area contributed by atoms with Crippen LogP contribution >= 0.6 is 22.6 Å². The Morgan fingerprint density at radius 1 is 1.40 bits per heavy atom. The van der Waals surface area contributed by atoms with E-state index in [2.05, 4.69) is 32.8 Å². The van der Waals surface area contributed by atoms with E-state index in [1.165, 1.54) is 0 Å². The molecule has 0 aliphatic heterocycles. The summed E-state index contributed by atoms with van der Waals surface area (Å²) >= 11 is 2.16. The first-order chi connectivity index (χ1) is 9.54. The molecule has 0 spiro atoms. The van der Waals surface area contributed by atoms with Crippen molar-refractivity contribution in [1.29, 1.82) is 0 Å². The normalized spacial score (nSPS) is 13.9. The number of ether oxygens (including phenoxy) is 1. The first-order valence-corrected chi connectivity index (χ1v) is 7.51. The molecular formula is C14H18IN3O2. The van der Waals surface area contributed by atoms with Crippen molar-refractivity contribution < 1.29 is 9.53 Å². The van der Waals surface area contributed by atoms with E-state index in [-0.39, 0.29) is 16.4 Å². The molecule has 6 heteroatoms. The summed E-state index contributed by atoms with van der Waals surface area (Å²) in [4.78, 5) is 11.8. The van der Waals surface area contributed by atoms with Gasteiger partial charge < -0.3 is 10.5 Å². The number of azo groups is 1. The molecule has 1 unspecified atom stereocenters. The summed E-state index contributed by atoms with van der Waals surface area (Å²) in [5, 5.41) is 7.97. The number of carbonyl (C=O) groups is 1. The molecule has 1 rings (SSSR count). The van der Waals surface area contributed by atoms with Crippen molar-refractivity contribution in [2.24, 2.45) is 16.0 Å². The molecule has 0 saturated carbocycles. The van der Waals surface area contributed by atoms with Gasteiger partial charge in [-0.3, -0.25) is 0 Å². The number of benzene rings is 1. The first kappa shape index (κ1) is 16.6. The molecule has 0 aliphatic carbocycles. The SMILES string of the molecule is CCC(I)/N=N\C(C)=C(/N)C(=O)OCc1ccccc1. The minimum absolute atomic E-state index is 0.00983. The maximum absolute atomic E-state index is 11.8. The minimum atomic E-state index is -0.577. The second kappa shape index (κ2) is 8.68. The lowest BCUT2D eigenvalue weighted by molar-refractivity contribution is -0.140. The minimum Gasteiger partial charge on any atom is -0.456 e.